The van der Waals surface area contributed by atoms with Crippen LogP contribution in [-0.2, 0) is 9.53 Å². The third-order valence-corrected chi connectivity index (χ3v) is 3.61. The Bertz CT molecular complexity index is 397. The van der Waals surface area contributed by atoms with Crippen molar-refractivity contribution in [1.29, 1.82) is 0 Å². The molecular weight excluding hydrogens is 282 g/mol. The molecule has 1 fully saturated rings. The molecule has 5 nitrogen and oxygen atoms in total. The molecular formula is C17H27NO4. The Balaban J connectivity index is 1.92. The van der Waals surface area contributed by atoms with Crippen molar-refractivity contribution in [2.45, 2.75) is 64.2 Å². The number of carbonyl (C=O) groups is 2. The smallest absolute Gasteiger partial charge is 0.416 e. The second kappa shape index (κ2) is 12.0. The van der Waals surface area contributed by atoms with Gasteiger partial charge in [0.05, 0.1) is 6.54 Å². The molecule has 5 heteroatoms. The number of rotatable bonds is 10. The molecule has 2 amide bonds. The molecule has 1 saturated heterocycles. The number of unbranched alkanes of at least 4 members (excludes halogenated alkanes) is 7. The summed E-state index contributed by atoms with van der Waals surface area (Å²) in [7, 11) is 0. The van der Waals surface area contributed by atoms with E-state index in [4.69, 9.17) is 9.84 Å². The van der Waals surface area contributed by atoms with Crippen LogP contribution in [0.3, 0.4) is 0 Å². The van der Waals surface area contributed by atoms with Crippen LogP contribution in [0, 0.1) is 11.8 Å². The van der Waals surface area contributed by atoms with Crippen molar-refractivity contribution in [2.24, 2.45) is 0 Å². The zero-order valence-electron chi connectivity index (χ0n) is 13.3. The van der Waals surface area contributed by atoms with Gasteiger partial charge in [0.25, 0.3) is 0 Å². The van der Waals surface area contributed by atoms with Crippen LogP contribution in [0.5, 0.6) is 0 Å². The first-order chi connectivity index (χ1) is 10.8. The average Bonchev–Trinajstić information content (AvgIpc) is 2.94. The molecule has 1 aliphatic rings. The van der Waals surface area contributed by atoms with Gasteiger partial charge < -0.3 is 9.84 Å². The summed E-state index contributed by atoms with van der Waals surface area (Å²) in [6.45, 7) is 0.969. The van der Waals surface area contributed by atoms with Crippen LogP contribution >= 0.6 is 0 Å². The van der Waals surface area contributed by atoms with E-state index in [0.29, 0.717) is 26.2 Å². The monoisotopic (exact) mass is 309 g/mol. The first-order valence-corrected chi connectivity index (χ1v) is 8.29. The van der Waals surface area contributed by atoms with Gasteiger partial charge in [-0.15, -0.1) is 11.8 Å². The lowest BCUT2D eigenvalue weighted by Gasteiger charge is -2.08. The van der Waals surface area contributed by atoms with Crippen molar-refractivity contribution < 1.29 is 19.4 Å². The van der Waals surface area contributed by atoms with E-state index < -0.39 is 6.09 Å². The normalized spacial score (nSPS) is 13.7. The van der Waals surface area contributed by atoms with Crippen LogP contribution in [0.15, 0.2) is 0 Å². The van der Waals surface area contributed by atoms with Gasteiger partial charge in [0, 0.05) is 25.9 Å². The van der Waals surface area contributed by atoms with E-state index in [1.165, 1.54) is 25.7 Å². The lowest BCUT2D eigenvalue weighted by molar-refractivity contribution is -0.127. The molecule has 1 rings (SSSR count). The van der Waals surface area contributed by atoms with Crippen molar-refractivity contribution in [3.8, 4) is 11.8 Å². The third-order valence-electron chi connectivity index (χ3n) is 3.61. The lowest BCUT2D eigenvalue weighted by Crippen LogP contribution is -2.31. The highest BCUT2D eigenvalue weighted by Crippen LogP contribution is 2.08. The topological polar surface area (TPSA) is 66.8 Å². The van der Waals surface area contributed by atoms with Gasteiger partial charge in [0.15, 0.2) is 0 Å². The molecule has 0 aliphatic carbocycles. The molecule has 124 valence electrons. The van der Waals surface area contributed by atoms with Crippen molar-refractivity contribution in [3.05, 3.63) is 0 Å². The maximum atomic E-state index is 11.7. The van der Waals surface area contributed by atoms with Crippen molar-refractivity contribution in [1.82, 2.24) is 4.90 Å². The minimum absolute atomic E-state index is 0.195. The molecule has 0 aromatic heterocycles. The van der Waals surface area contributed by atoms with Crippen molar-refractivity contribution in [2.75, 3.05) is 19.8 Å². The number of ether oxygens (including phenoxy) is 1. The number of hydrogen-bond donors (Lipinski definition) is 1. The number of carbonyl (C=O) groups excluding carboxylic acids is 2. The highest BCUT2D eigenvalue weighted by atomic mass is 16.6. The van der Waals surface area contributed by atoms with E-state index >= 15 is 0 Å². The Hall–Kier alpha value is -1.54. The Kier molecular flexibility index (Phi) is 10.1. The molecule has 0 radical (unpaired) electrons. The molecule has 22 heavy (non-hydrogen) atoms. The van der Waals surface area contributed by atoms with Crippen LogP contribution in [-0.4, -0.2) is 41.8 Å². The summed E-state index contributed by atoms with van der Waals surface area (Å²) >= 11 is 0. The maximum absolute atomic E-state index is 11.7. The molecule has 0 aromatic carbocycles. The highest BCUT2D eigenvalue weighted by Gasteiger charge is 2.27. The number of imide groups is 1. The van der Waals surface area contributed by atoms with Crippen molar-refractivity contribution in [3.63, 3.8) is 0 Å². The zero-order valence-corrected chi connectivity index (χ0v) is 13.3. The average molecular weight is 309 g/mol. The van der Waals surface area contributed by atoms with Gasteiger partial charge >= 0.3 is 6.09 Å². The Morgan fingerprint density at radius 3 is 2.32 bits per heavy atom. The van der Waals surface area contributed by atoms with E-state index in [-0.39, 0.29) is 12.3 Å². The fourth-order valence-electron chi connectivity index (χ4n) is 2.31. The molecule has 0 bridgehead atoms. The largest absolute Gasteiger partial charge is 0.447 e. The van der Waals surface area contributed by atoms with E-state index in [0.717, 1.165) is 30.6 Å². The van der Waals surface area contributed by atoms with Crippen LogP contribution in [0.1, 0.15) is 64.2 Å². The van der Waals surface area contributed by atoms with Crippen molar-refractivity contribution >= 4 is 12.0 Å². The van der Waals surface area contributed by atoms with E-state index in [2.05, 4.69) is 11.8 Å². The SMILES string of the molecule is O=C(CCC#CCCCCCCCCCO)N1CCOC1=O. The summed E-state index contributed by atoms with van der Waals surface area (Å²) in [6, 6.07) is 0. The number of aliphatic hydroxyl groups is 1. The van der Waals surface area contributed by atoms with Gasteiger partial charge in [0.1, 0.15) is 6.61 Å². The summed E-state index contributed by atoms with van der Waals surface area (Å²) in [4.78, 5) is 24.0. The fraction of sp³-hybridized carbons (Fsp3) is 0.765. The zero-order chi connectivity index (χ0) is 16.0. The van der Waals surface area contributed by atoms with Crippen LogP contribution in [0.25, 0.3) is 0 Å². The molecule has 1 heterocycles. The van der Waals surface area contributed by atoms with Gasteiger partial charge in [-0.1, -0.05) is 32.1 Å². The summed E-state index contributed by atoms with van der Waals surface area (Å²) in [5.74, 6) is 5.89. The first-order valence-electron chi connectivity index (χ1n) is 8.29. The summed E-state index contributed by atoms with van der Waals surface area (Å²) in [5.41, 5.74) is 0. The Labute approximate surface area is 133 Å². The van der Waals surface area contributed by atoms with Gasteiger partial charge in [0.2, 0.25) is 5.91 Å². The maximum Gasteiger partial charge on any atom is 0.416 e. The molecule has 0 unspecified atom stereocenters. The predicted molar refractivity (Wildman–Crippen MR) is 84.1 cm³/mol. The van der Waals surface area contributed by atoms with Crippen LogP contribution in [0.2, 0.25) is 0 Å². The van der Waals surface area contributed by atoms with Gasteiger partial charge in [-0.05, 0) is 12.8 Å². The highest BCUT2D eigenvalue weighted by molar-refractivity contribution is 5.92. The molecule has 0 atom stereocenters. The van der Waals surface area contributed by atoms with Gasteiger partial charge in [-0.3, -0.25) is 4.79 Å². The first kappa shape index (κ1) is 18.5. The number of aliphatic hydroxyl groups excluding tert-OH is 1. The molecule has 0 saturated carbocycles. The number of nitrogens with zero attached hydrogens (tertiary/aromatic N) is 1. The molecule has 1 aliphatic heterocycles. The second-order valence-electron chi connectivity index (χ2n) is 5.46. The molecule has 0 aromatic rings. The van der Waals surface area contributed by atoms with E-state index in [1.54, 1.807) is 0 Å². The summed E-state index contributed by atoms with van der Waals surface area (Å²) in [6.07, 6.45) is 9.11. The fourth-order valence-corrected chi connectivity index (χ4v) is 2.31. The molecule has 1 N–H and O–H groups in total. The Morgan fingerprint density at radius 2 is 1.68 bits per heavy atom. The Morgan fingerprint density at radius 1 is 1.05 bits per heavy atom. The standard InChI is InChI=1S/C17H27NO4/c19-14-11-9-7-5-3-1-2-4-6-8-10-12-16(20)18-13-15-22-17(18)21/h19H,1-5,7,9-15H2. The minimum atomic E-state index is -0.531. The number of hydrogen-bond acceptors (Lipinski definition) is 4. The van der Waals surface area contributed by atoms with E-state index in [9.17, 15) is 9.59 Å². The second-order valence-corrected chi connectivity index (χ2v) is 5.46. The minimum Gasteiger partial charge on any atom is -0.447 e. The quantitative estimate of drug-likeness (QED) is 0.498. The van der Waals surface area contributed by atoms with Crippen LogP contribution in [0.4, 0.5) is 4.79 Å². The molecule has 0 spiro atoms. The predicted octanol–water partition coefficient (Wildman–Crippen LogP) is 2.86. The van der Waals surface area contributed by atoms with Gasteiger partial charge in [-0.25, -0.2) is 9.69 Å². The summed E-state index contributed by atoms with van der Waals surface area (Å²) < 4.78 is 4.72. The van der Waals surface area contributed by atoms with Crippen LogP contribution < -0.4 is 0 Å². The lowest BCUT2D eigenvalue weighted by atomic mass is 10.1. The summed E-state index contributed by atoms with van der Waals surface area (Å²) in [5, 5.41) is 8.66. The van der Waals surface area contributed by atoms with E-state index in [1.807, 2.05) is 0 Å². The van der Waals surface area contributed by atoms with Gasteiger partial charge in [-0.2, -0.15) is 0 Å². The number of cyclic esters (lactones) is 1. The number of amides is 2. The third kappa shape index (κ3) is 8.04.